The quantitative estimate of drug-likeness (QED) is 0.819. The van der Waals surface area contributed by atoms with Gasteiger partial charge in [-0.2, -0.15) is 0 Å². The molecule has 1 aromatic heterocycles. The summed E-state index contributed by atoms with van der Waals surface area (Å²) in [6.07, 6.45) is 1.66. The van der Waals surface area contributed by atoms with E-state index in [0.29, 0.717) is 10.8 Å². The minimum absolute atomic E-state index is 0.0782. The zero-order valence-electron chi connectivity index (χ0n) is 9.38. The van der Waals surface area contributed by atoms with Gasteiger partial charge < -0.3 is 11.1 Å². The molecule has 0 aliphatic carbocycles. The lowest BCUT2D eigenvalue weighted by Crippen LogP contribution is -2.18. The van der Waals surface area contributed by atoms with Gasteiger partial charge in [0, 0.05) is 17.3 Å². The van der Waals surface area contributed by atoms with Crippen LogP contribution in [0.4, 0.5) is 10.8 Å². The van der Waals surface area contributed by atoms with Crippen LogP contribution in [0, 0.1) is 0 Å². The predicted molar refractivity (Wildman–Crippen MR) is 70.0 cm³/mol. The van der Waals surface area contributed by atoms with Crippen LogP contribution in [0.3, 0.4) is 0 Å². The van der Waals surface area contributed by atoms with Gasteiger partial charge in [-0.25, -0.2) is 4.98 Å². The van der Waals surface area contributed by atoms with E-state index >= 15 is 0 Å². The molecule has 0 saturated heterocycles. The van der Waals surface area contributed by atoms with Gasteiger partial charge in [-0.1, -0.05) is 12.1 Å². The third kappa shape index (κ3) is 2.82. The Balaban J connectivity index is 2.09. The molecule has 17 heavy (non-hydrogen) atoms. The van der Waals surface area contributed by atoms with Crippen molar-refractivity contribution in [3.05, 3.63) is 41.4 Å². The molecule has 0 fully saturated rings. The number of hydrogen-bond donors (Lipinski definition) is 2. The number of hydrogen-bond acceptors (Lipinski definition) is 4. The van der Waals surface area contributed by atoms with Crippen LogP contribution in [0.2, 0.25) is 0 Å². The van der Waals surface area contributed by atoms with Gasteiger partial charge in [-0.3, -0.25) is 4.79 Å². The fourth-order valence-electron chi connectivity index (χ4n) is 1.48. The van der Waals surface area contributed by atoms with Crippen LogP contribution in [0.1, 0.15) is 18.4 Å². The molecule has 0 saturated carbocycles. The molecule has 3 N–H and O–H groups in total. The lowest BCUT2D eigenvalue weighted by Gasteiger charge is -2.11. The molecule has 2 rings (SSSR count). The first kappa shape index (κ1) is 11.6. The molecule has 4 nitrogen and oxygen atoms in total. The number of thiazole rings is 1. The highest BCUT2D eigenvalue weighted by molar-refractivity contribution is 7.13. The van der Waals surface area contributed by atoms with Gasteiger partial charge in [0.1, 0.15) is 0 Å². The number of carbonyl (C=O) groups excluding carboxylic acids is 1. The van der Waals surface area contributed by atoms with Gasteiger partial charge in [0.15, 0.2) is 5.13 Å². The van der Waals surface area contributed by atoms with E-state index in [2.05, 4.69) is 10.3 Å². The predicted octanol–water partition coefficient (Wildman–Crippen LogP) is 2.47. The summed E-state index contributed by atoms with van der Waals surface area (Å²) >= 11 is 1.40. The number of nitrogens with zero attached hydrogens (tertiary/aromatic N) is 1. The Morgan fingerprint density at radius 1 is 1.53 bits per heavy atom. The number of aromatic nitrogens is 1. The van der Waals surface area contributed by atoms with Crippen molar-refractivity contribution in [1.29, 1.82) is 0 Å². The summed E-state index contributed by atoms with van der Waals surface area (Å²) in [5.41, 5.74) is 7.26. The standard InChI is InChI=1S/C12H13N3OS/c1-8(9-3-2-4-10(13)7-9)11(16)15-12-14-5-6-17-12/h2-8H,13H2,1H3,(H,14,15,16). The average molecular weight is 247 g/mol. The Morgan fingerprint density at radius 2 is 2.35 bits per heavy atom. The van der Waals surface area contributed by atoms with Crippen LogP contribution in [0.15, 0.2) is 35.8 Å². The number of rotatable bonds is 3. The van der Waals surface area contributed by atoms with E-state index in [1.165, 1.54) is 11.3 Å². The second-order valence-corrected chi connectivity index (χ2v) is 4.61. The zero-order chi connectivity index (χ0) is 12.3. The number of nitrogens with two attached hydrogens (primary N) is 1. The van der Waals surface area contributed by atoms with Crippen LogP contribution in [-0.4, -0.2) is 10.9 Å². The van der Waals surface area contributed by atoms with Crippen LogP contribution in [0.25, 0.3) is 0 Å². The number of amides is 1. The van der Waals surface area contributed by atoms with E-state index < -0.39 is 0 Å². The van der Waals surface area contributed by atoms with Crippen LogP contribution in [0.5, 0.6) is 0 Å². The molecule has 2 aromatic rings. The second kappa shape index (κ2) is 4.97. The first-order valence-corrected chi connectivity index (χ1v) is 6.10. The average Bonchev–Trinajstić information content (AvgIpc) is 2.80. The summed E-state index contributed by atoms with van der Waals surface area (Å²) in [5, 5.41) is 5.20. The first-order chi connectivity index (χ1) is 8.16. The third-order valence-electron chi connectivity index (χ3n) is 2.47. The summed E-state index contributed by atoms with van der Waals surface area (Å²) in [6.45, 7) is 1.84. The lowest BCUT2D eigenvalue weighted by atomic mass is 10.00. The lowest BCUT2D eigenvalue weighted by molar-refractivity contribution is -0.117. The monoisotopic (exact) mass is 247 g/mol. The minimum atomic E-state index is -0.248. The highest BCUT2D eigenvalue weighted by atomic mass is 32.1. The van der Waals surface area contributed by atoms with Gasteiger partial charge in [0.2, 0.25) is 5.91 Å². The molecular weight excluding hydrogens is 234 g/mol. The second-order valence-electron chi connectivity index (χ2n) is 3.72. The summed E-state index contributed by atoms with van der Waals surface area (Å²) < 4.78 is 0. The van der Waals surface area contributed by atoms with E-state index in [4.69, 9.17) is 5.73 Å². The van der Waals surface area contributed by atoms with Crippen molar-refractivity contribution < 1.29 is 4.79 Å². The Kier molecular flexibility index (Phi) is 3.39. The summed E-state index contributed by atoms with van der Waals surface area (Å²) in [5.74, 6) is -0.326. The molecule has 88 valence electrons. The molecule has 0 spiro atoms. The van der Waals surface area contributed by atoms with E-state index in [0.717, 1.165) is 5.56 Å². The van der Waals surface area contributed by atoms with Gasteiger partial charge >= 0.3 is 0 Å². The number of anilines is 2. The molecule has 0 aliphatic rings. The van der Waals surface area contributed by atoms with Crippen molar-refractivity contribution in [2.75, 3.05) is 11.1 Å². The summed E-state index contributed by atoms with van der Waals surface area (Å²) in [6, 6.07) is 7.35. The molecule has 1 amide bonds. The Labute approximate surface area is 103 Å². The van der Waals surface area contributed by atoms with Gasteiger partial charge in [0.25, 0.3) is 0 Å². The SMILES string of the molecule is CC(C(=O)Nc1nccs1)c1cccc(N)c1. The van der Waals surface area contributed by atoms with E-state index in [-0.39, 0.29) is 11.8 Å². The molecule has 0 radical (unpaired) electrons. The first-order valence-electron chi connectivity index (χ1n) is 5.22. The normalized spacial score (nSPS) is 12.1. The molecule has 1 heterocycles. The van der Waals surface area contributed by atoms with E-state index in [9.17, 15) is 4.79 Å². The maximum atomic E-state index is 11.9. The largest absolute Gasteiger partial charge is 0.399 e. The highest BCUT2D eigenvalue weighted by Crippen LogP contribution is 2.20. The number of carbonyl (C=O) groups is 1. The molecule has 5 heteroatoms. The number of nitrogen functional groups attached to an aromatic ring is 1. The van der Waals surface area contributed by atoms with E-state index in [1.54, 1.807) is 12.3 Å². The van der Waals surface area contributed by atoms with Gasteiger partial charge in [0.05, 0.1) is 5.92 Å². The van der Waals surface area contributed by atoms with E-state index in [1.807, 2.05) is 30.5 Å². The van der Waals surface area contributed by atoms with Crippen LogP contribution < -0.4 is 11.1 Å². The minimum Gasteiger partial charge on any atom is -0.399 e. The topological polar surface area (TPSA) is 68.0 Å². The van der Waals surface area contributed by atoms with Crippen molar-refractivity contribution in [3.8, 4) is 0 Å². The van der Waals surface area contributed by atoms with Crippen molar-refractivity contribution in [2.24, 2.45) is 0 Å². The van der Waals surface area contributed by atoms with Crippen molar-refractivity contribution in [3.63, 3.8) is 0 Å². The maximum absolute atomic E-state index is 11.9. The molecule has 0 aliphatic heterocycles. The number of nitrogens with one attached hydrogen (secondary N) is 1. The van der Waals surface area contributed by atoms with Gasteiger partial charge in [-0.15, -0.1) is 11.3 Å². The summed E-state index contributed by atoms with van der Waals surface area (Å²) in [4.78, 5) is 15.9. The van der Waals surface area contributed by atoms with Crippen molar-refractivity contribution in [1.82, 2.24) is 4.98 Å². The Bertz CT molecular complexity index is 510. The number of benzene rings is 1. The zero-order valence-corrected chi connectivity index (χ0v) is 10.2. The third-order valence-corrected chi connectivity index (χ3v) is 3.15. The fourth-order valence-corrected chi connectivity index (χ4v) is 2.01. The van der Waals surface area contributed by atoms with Gasteiger partial charge in [-0.05, 0) is 24.6 Å². The molecule has 0 bridgehead atoms. The molecular formula is C12H13N3OS. The molecule has 1 atom stereocenters. The Morgan fingerprint density at radius 3 is 3.00 bits per heavy atom. The fraction of sp³-hybridized carbons (Fsp3) is 0.167. The van der Waals surface area contributed by atoms with Crippen LogP contribution in [-0.2, 0) is 4.79 Å². The summed E-state index contributed by atoms with van der Waals surface area (Å²) in [7, 11) is 0. The van der Waals surface area contributed by atoms with Crippen molar-refractivity contribution >= 4 is 28.1 Å². The maximum Gasteiger partial charge on any atom is 0.233 e. The van der Waals surface area contributed by atoms with Crippen LogP contribution >= 0.6 is 11.3 Å². The van der Waals surface area contributed by atoms with Crippen molar-refractivity contribution in [2.45, 2.75) is 12.8 Å². The smallest absolute Gasteiger partial charge is 0.233 e. The molecule has 1 unspecified atom stereocenters. The Hall–Kier alpha value is -1.88. The molecule has 1 aromatic carbocycles. The highest BCUT2D eigenvalue weighted by Gasteiger charge is 2.16.